The number of nitro groups is 1. The summed E-state index contributed by atoms with van der Waals surface area (Å²) in [7, 11) is -4.10. The number of nitro benzene ring substituents is 1. The highest BCUT2D eigenvalue weighted by atomic mass is 32.2. The minimum absolute atomic E-state index is 0.0707. The van der Waals surface area contributed by atoms with Gasteiger partial charge < -0.3 is 9.47 Å². The van der Waals surface area contributed by atoms with Gasteiger partial charge in [0.1, 0.15) is 12.3 Å². The summed E-state index contributed by atoms with van der Waals surface area (Å²) in [4.78, 5) is 22.2. The first-order valence-electron chi connectivity index (χ1n) is 8.49. The van der Waals surface area contributed by atoms with Crippen LogP contribution in [0.3, 0.4) is 0 Å². The highest BCUT2D eigenvalue weighted by Crippen LogP contribution is 2.29. The zero-order valence-electron chi connectivity index (χ0n) is 15.6. The van der Waals surface area contributed by atoms with Crippen LogP contribution in [0.2, 0.25) is 0 Å². The molecule has 0 radical (unpaired) electrons. The van der Waals surface area contributed by atoms with Gasteiger partial charge in [0.2, 0.25) is 10.0 Å². The SMILES string of the molecule is CSc1ccc(S(=O)(=O)NCC(=O)OCCCOc2ccccc2)cc1[N+](=O)[O-]. The van der Waals surface area contributed by atoms with Crippen LogP contribution in [-0.2, 0) is 19.6 Å². The molecule has 0 aliphatic rings. The van der Waals surface area contributed by atoms with Gasteiger partial charge in [0, 0.05) is 12.5 Å². The summed E-state index contributed by atoms with van der Waals surface area (Å²) < 4.78 is 37.0. The second kappa shape index (κ2) is 10.8. The third-order valence-electron chi connectivity index (χ3n) is 3.63. The average Bonchev–Trinajstić information content (AvgIpc) is 2.72. The fourth-order valence-corrected chi connectivity index (χ4v) is 3.75. The van der Waals surface area contributed by atoms with Crippen molar-refractivity contribution in [3.63, 3.8) is 0 Å². The molecule has 2 aromatic carbocycles. The van der Waals surface area contributed by atoms with Crippen LogP contribution in [0.25, 0.3) is 0 Å². The molecule has 0 bridgehead atoms. The molecule has 0 fully saturated rings. The lowest BCUT2D eigenvalue weighted by atomic mass is 10.3. The Balaban J connectivity index is 1.80. The first-order chi connectivity index (χ1) is 13.8. The third kappa shape index (κ3) is 7.04. The Morgan fingerprint density at radius 2 is 1.90 bits per heavy atom. The van der Waals surface area contributed by atoms with Crippen LogP contribution in [0.5, 0.6) is 5.75 Å². The predicted octanol–water partition coefficient (Wildman–Crippen LogP) is 2.61. The molecule has 0 saturated heterocycles. The standard InChI is InChI=1S/C18H20N2O7S2/c1-28-17-9-8-15(12-16(17)20(22)23)29(24,25)19-13-18(21)27-11-5-10-26-14-6-3-2-4-7-14/h2-4,6-9,12,19H,5,10-11,13H2,1H3. The second-order valence-corrected chi connectivity index (χ2v) is 8.27. The minimum atomic E-state index is -4.10. The van der Waals surface area contributed by atoms with Gasteiger partial charge in [-0.05, 0) is 30.5 Å². The molecule has 0 saturated carbocycles. The van der Waals surface area contributed by atoms with Gasteiger partial charge in [0.25, 0.3) is 5.69 Å². The third-order valence-corrected chi connectivity index (χ3v) is 5.81. The van der Waals surface area contributed by atoms with Crippen LogP contribution in [0.4, 0.5) is 5.69 Å². The van der Waals surface area contributed by atoms with Crippen molar-refractivity contribution in [3.8, 4) is 5.75 Å². The largest absolute Gasteiger partial charge is 0.493 e. The number of para-hydroxylation sites is 1. The highest BCUT2D eigenvalue weighted by Gasteiger charge is 2.22. The van der Waals surface area contributed by atoms with Crippen LogP contribution < -0.4 is 9.46 Å². The molecule has 1 N–H and O–H groups in total. The van der Waals surface area contributed by atoms with Gasteiger partial charge in [-0.25, -0.2) is 8.42 Å². The quantitative estimate of drug-likeness (QED) is 0.186. The number of carbonyl (C=O) groups is 1. The molecule has 0 aliphatic carbocycles. The topological polar surface area (TPSA) is 125 Å². The van der Waals surface area contributed by atoms with E-state index in [2.05, 4.69) is 4.72 Å². The number of esters is 1. The summed E-state index contributed by atoms with van der Waals surface area (Å²) in [6, 6.07) is 12.7. The number of carbonyl (C=O) groups excluding carboxylic acids is 1. The number of ether oxygens (including phenoxy) is 2. The van der Waals surface area contributed by atoms with E-state index in [9.17, 15) is 23.3 Å². The Kier molecular flexibility index (Phi) is 8.43. The summed E-state index contributed by atoms with van der Waals surface area (Å²) in [5, 5.41) is 11.1. The van der Waals surface area contributed by atoms with E-state index in [0.29, 0.717) is 23.7 Å². The molecule has 29 heavy (non-hydrogen) atoms. The molecule has 11 heteroatoms. The summed E-state index contributed by atoms with van der Waals surface area (Å²) in [5.74, 6) is -0.0586. The smallest absolute Gasteiger partial charge is 0.321 e. The van der Waals surface area contributed by atoms with Crippen molar-refractivity contribution in [2.45, 2.75) is 16.2 Å². The first kappa shape index (κ1) is 22.7. The Morgan fingerprint density at radius 1 is 1.17 bits per heavy atom. The summed E-state index contributed by atoms with van der Waals surface area (Å²) >= 11 is 1.13. The van der Waals surface area contributed by atoms with Crippen LogP contribution in [0, 0.1) is 10.1 Å². The molecule has 0 atom stereocenters. The van der Waals surface area contributed by atoms with E-state index >= 15 is 0 Å². The number of sulfonamides is 1. The van der Waals surface area contributed by atoms with Crippen molar-refractivity contribution in [1.29, 1.82) is 0 Å². The number of hydrogen-bond acceptors (Lipinski definition) is 8. The van der Waals surface area contributed by atoms with Crippen LogP contribution in [-0.4, -0.2) is 45.3 Å². The Labute approximate surface area is 172 Å². The number of nitrogens with one attached hydrogen (secondary N) is 1. The van der Waals surface area contributed by atoms with E-state index < -0.39 is 27.5 Å². The molecule has 0 unspecified atom stereocenters. The zero-order chi connectivity index (χ0) is 21.3. The molecular weight excluding hydrogens is 420 g/mol. The molecule has 156 valence electrons. The average molecular weight is 440 g/mol. The summed E-state index contributed by atoms with van der Waals surface area (Å²) in [5.41, 5.74) is -0.318. The van der Waals surface area contributed by atoms with Crippen molar-refractivity contribution in [2.24, 2.45) is 0 Å². The van der Waals surface area contributed by atoms with Gasteiger partial charge in [0.05, 0.1) is 27.9 Å². The van der Waals surface area contributed by atoms with E-state index in [1.54, 1.807) is 18.4 Å². The Hall–Kier alpha value is -2.63. The lowest BCUT2D eigenvalue weighted by molar-refractivity contribution is -0.387. The molecule has 0 spiro atoms. The minimum Gasteiger partial charge on any atom is -0.493 e. The van der Waals surface area contributed by atoms with Crippen molar-refractivity contribution in [1.82, 2.24) is 4.72 Å². The first-order valence-corrected chi connectivity index (χ1v) is 11.2. The van der Waals surface area contributed by atoms with Crippen molar-refractivity contribution in [2.75, 3.05) is 26.0 Å². The molecule has 0 aromatic heterocycles. The van der Waals surface area contributed by atoms with Gasteiger partial charge in [-0.3, -0.25) is 14.9 Å². The Bertz CT molecular complexity index is 950. The molecule has 0 aliphatic heterocycles. The molecule has 2 rings (SSSR count). The maximum Gasteiger partial charge on any atom is 0.321 e. The Morgan fingerprint density at radius 3 is 2.55 bits per heavy atom. The fourth-order valence-electron chi connectivity index (χ4n) is 2.22. The van der Waals surface area contributed by atoms with E-state index in [0.717, 1.165) is 17.8 Å². The van der Waals surface area contributed by atoms with Gasteiger partial charge >= 0.3 is 5.97 Å². The van der Waals surface area contributed by atoms with Gasteiger partial charge in [-0.2, -0.15) is 4.72 Å². The van der Waals surface area contributed by atoms with Crippen LogP contribution in [0.15, 0.2) is 58.3 Å². The van der Waals surface area contributed by atoms with Crippen molar-refractivity contribution >= 4 is 33.4 Å². The number of nitrogens with zero attached hydrogens (tertiary/aromatic N) is 1. The second-order valence-electron chi connectivity index (χ2n) is 5.65. The maximum absolute atomic E-state index is 12.3. The van der Waals surface area contributed by atoms with Gasteiger partial charge in [-0.15, -0.1) is 11.8 Å². The van der Waals surface area contributed by atoms with E-state index in [-0.39, 0.29) is 17.2 Å². The molecular formula is C18H20N2O7S2. The molecule has 2 aromatic rings. The molecule has 0 amide bonds. The van der Waals surface area contributed by atoms with Crippen molar-refractivity contribution in [3.05, 3.63) is 58.6 Å². The molecule has 9 nitrogen and oxygen atoms in total. The zero-order valence-corrected chi connectivity index (χ0v) is 17.2. The number of thioether (sulfide) groups is 1. The number of hydrogen-bond donors (Lipinski definition) is 1. The predicted molar refractivity (Wildman–Crippen MR) is 108 cm³/mol. The highest BCUT2D eigenvalue weighted by molar-refractivity contribution is 7.98. The van der Waals surface area contributed by atoms with E-state index in [4.69, 9.17) is 9.47 Å². The van der Waals surface area contributed by atoms with E-state index in [1.807, 2.05) is 18.2 Å². The van der Waals surface area contributed by atoms with Crippen LogP contribution >= 0.6 is 11.8 Å². The van der Waals surface area contributed by atoms with E-state index in [1.165, 1.54) is 12.1 Å². The van der Waals surface area contributed by atoms with Gasteiger partial charge in [-0.1, -0.05) is 18.2 Å². The monoisotopic (exact) mass is 440 g/mol. The number of rotatable bonds is 11. The molecule has 0 heterocycles. The lowest BCUT2D eigenvalue weighted by Crippen LogP contribution is -2.31. The fraction of sp³-hybridized carbons (Fsp3) is 0.278. The number of benzene rings is 2. The normalized spacial score (nSPS) is 11.1. The summed E-state index contributed by atoms with van der Waals surface area (Å²) in [6.45, 7) is -0.171. The lowest BCUT2D eigenvalue weighted by Gasteiger charge is -2.09. The van der Waals surface area contributed by atoms with Crippen molar-refractivity contribution < 1.29 is 27.6 Å². The van der Waals surface area contributed by atoms with Crippen LogP contribution in [0.1, 0.15) is 6.42 Å². The van der Waals surface area contributed by atoms with Gasteiger partial charge in [0.15, 0.2) is 0 Å². The maximum atomic E-state index is 12.3. The summed E-state index contributed by atoms with van der Waals surface area (Å²) in [6.07, 6.45) is 2.09.